The van der Waals surface area contributed by atoms with E-state index in [0.717, 1.165) is 35.1 Å². The molecule has 1 fully saturated rings. The zero-order valence-electron chi connectivity index (χ0n) is 13.3. The fourth-order valence-electron chi connectivity index (χ4n) is 2.98. The van der Waals surface area contributed by atoms with Gasteiger partial charge >= 0.3 is 0 Å². The highest BCUT2D eigenvalue weighted by molar-refractivity contribution is 7.17. The van der Waals surface area contributed by atoms with Crippen LogP contribution in [0.25, 0.3) is 16.3 Å². The van der Waals surface area contributed by atoms with Crippen molar-refractivity contribution in [3.05, 3.63) is 29.7 Å². The summed E-state index contributed by atoms with van der Waals surface area (Å²) in [6.45, 7) is 5.28. The number of anilines is 1. The average molecular weight is 328 g/mol. The zero-order valence-corrected chi connectivity index (χ0v) is 14.1. The summed E-state index contributed by atoms with van der Waals surface area (Å²) in [6.07, 6.45) is 9.88. The van der Waals surface area contributed by atoms with Crippen molar-refractivity contribution in [3.63, 3.8) is 0 Å². The molecule has 6 nitrogen and oxygen atoms in total. The molecule has 0 unspecified atom stereocenters. The number of thiazole rings is 1. The average Bonchev–Trinajstić information content (AvgIpc) is 3.09. The largest absolute Gasteiger partial charge is 0.365 e. The third-order valence-electron chi connectivity index (χ3n) is 4.24. The second-order valence-electron chi connectivity index (χ2n) is 6.16. The van der Waals surface area contributed by atoms with Crippen molar-refractivity contribution in [3.8, 4) is 11.4 Å². The molecule has 0 bridgehead atoms. The highest BCUT2D eigenvalue weighted by Gasteiger charge is 2.18. The number of hydrogen-bond donors (Lipinski definition) is 2. The van der Waals surface area contributed by atoms with Crippen LogP contribution in [0.4, 0.5) is 5.82 Å². The summed E-state index contributed by atoms with van der Waals surface area (Å²) in [5.74, 6) is 0.825. The normalized spacial score (nSPS) is 21.7. The van der Waals surface area contributed by atoms with Crippen molar-refractivity contribution in [1.82, 2.24) is 24.7 Å². The third-order valence-corrected chi connectivity index (χ3v) is 5.15. The molecule has 0 saturated carbocycles. The fraction of sp³-hybridized carbons (Fsp3) is 0.438. The van der Waals surface area contributed by atoms with Crippen LogP contribution in [0.5, 0.6) is 0 Å². The molecule has 1 saturated heterocycles. The van der Waals surface area contributed by atoms with Gasteiger partial charge in [-0.25, -0.2) is 9.97 Å². The molecule has 2 atom stereocenters. The van der Waals surface area contributed by atoms with Crippen LogP contribution in [0.3, 0.4) is 0 Å². The fourth-order valence-corrected chi connectivity index (χ4v) is 3.78. The molecular weight excluding hydrogens is 308 g/mol. The number of fused-ring (bicyclic) bond motifs is 1. The van der Waals surface area contributed by atoms with Crippen molar-refractivity contribution < 1.29 is 0 Å². The second-order valence-corrected chi connectivity index (χ2v) is 7.37. The number of aromatic nitrogens is 4. The number of piperidine rings is 1. The first-order chi connectivity index (χ1) is 11.2. The van der Waals surface area contributed by atoms with Gasteiger partial charge in [-0.1, -0.05) is 0 Å². The van der Waals surface area contributed by atoms with Gasteiger partial charge in [0, 0.05) is 29.7 Å². The minimum Gasteiger partial charge on any atom is -0.365 e. The van der Waals surface area contributed by atoms with Crippen molar-refractivity contribution in [1.29, 1.82) is 0 Å². The van der Waals surface area contributed by atoms with E-state index < -0.39 is 0 Å². The van der Waals surface area contributed by atoms with Crippen LogP contribution < -0.4 is 10.6 Å². The Hall–Kier alpha value is -1.99. The smallest absolute Gasteiger partial charge is 0.194 e. The van der Waals surface area contributed by atoms with Crippen LogP contribution in [-0.4, -0.2) is 38.0 Å². The minimum absolute atomic E-state index is 0.407. The molecule has 1 aliphatic rings. The molecule has 7 heteroatoms. The van der Waals surface area contributed by atoms with E-state index in [9.17, 15) is 0 Å². The summed E-state index contributed by atoms with van der Waals surface area (Å²) in [4.78, 5) is 15.8. The summed E-state index contributed by atoms with van der Waals surface area (Å²) in [5, 5.41) is 6.99. The van der Waals surface area contributed by atoms with Gasteiger partial charge in [0.15, 0.2) is 4.96 Å². The molecule has 3 aromatic rings. The molecule has 1 aliphatic heterocycles. The number of aryl methyl sites for hydroxylation is 1. The lowest BCUT2D eigenvalue weighted by molar-refractivity contribution is 0.398. The first-order valence-corrected chi connectivity index (χ1v) is 8.76. The van der Waals surface area contributed by atoms with Crippen molar-refractivity contribution in [2.75, 3.05) is 11.9 Å². The van der Waals surface area contributed by atoms with E-state index in [1.807, 2.05) is 6.20 Å². The summed E-state index contributed by atoms with van der Waals surface area (Å²) in [6, 6.07) is 1.01. The molecule has 4 rings (SSSR count). The molecule has 0 spiro atoms. The van der Waals surface area contributed by atoms with E-state index in [2.05, 4.69) is 45.0 Å². The lowest BCUT2D eigenvalue weighted by Crippen LogP contribution is -2.43. The summed E-state index contributed by atoms with van der Waals surface area (Å²) >= 11 is 1.68. The van der Waals surface area contributed by atoms with Gasteiger partial charge < -0.3 is 10.6 Å². The summed E-state index contributed by atoms with van der Waals surface area (Å²) < 4.78 is 2.08. The molecule has 0 amide bonds. The number of hydrogen-bond acceptors (Lipinski definition) is 6. The molecule has 0 aliphatic carbocycles. The molecule has 23 heavy (non-hydrogen) atoms. The number of imidazole rings is 1. The van der Waals surface area contributed by atoms with E-state index in [1.165, 1.54) is 11.3 Å². The van der Waals surface area contributed by atoms with Crippen LogP contribution in [0.2, 0.25) is 0 Å². The Balaban J connectivity index is 1.58. The van der Waals surface area contributed by atoms with Gasteiger partial charge in [-0.3, -0.25) is 9.38 Å². The van der Waals surface area contributed by atoms with Gasteiger partial charge in [0.2, 0.25) is 0 Å². The molecule has 120 valence electrons. The van der Waals surface area contributed by atoms with Gasteiger partial charge in [-0.15, -0.1) is 11.3 Å². The monoisotopic (exact) mass is 328 g/mol. The van der Waals surface area contributed by atoms with Crippen LogP contribution in [0.1, 0.15) is 24.6 Å². The second kappa shape index (κ2) is 5.90. The Bertz CT molecular complexity index is 815. The Morgan fingerprint density at radius 1 is 1.30 bits per heavy atom. The Labute approximate surface area is 139 Å². The van der Waals surface area contributed by atoms with Gasteiger partial charge in [0.05, 0.1) is 24.3 Å². The van der Waals surface area contributed by atoms with Crippen molar-refractivity contribution in [2.45, 2.75) is 38.8 Å². The van der Waals surface area contributed by atoms with E-state index in [-0.39, 0.29) is 0 Å². The molecule has 0 radical (unpaired) electrons. The maximum Gasteiger partial charge on any atom is 0.194 e. The van der Waals surface area contributed by atoms with E-state index >= 15 is 0 Å². The highest BCUT2D eigenvalue weighted by atomic mass is 32.1. The first-order valence-electron chi connectivity index (χ1n) is 7.95. The topological polar surface area (TPSA) is 67.1 Å². The van der Waals surface area contributed by atoms with Gasteiger partial charge in [0.25, 0.3) is 0 Å². The summed E-state index contributed by atoms with van der Waals surface area (Å²) in [7, 11) is 0. The molecule has 4 heterocycles. The summed E-state index contributed by atoms with van der Waals surface area (Å²) in [5.41, 5.74) is 1.83. The van der Waals surface area contributed by atoms with Crippen molar-refractivity contribution in [2.24, 2.45) is 0 Å². The number of nitrogens with one attached hydrogen (secondary N) is 2. The van der Waals surface area contributed by atoms with Crippen LogP contribution in [-0.2, 0) is 0 Å². The molecule has 0 aromatic carbocycles. The Morgan fingerprint density at radius 3 is 3.04 bits per heavy atom. The first kappa shape index (κ1) is 14.6. The molecular formula is C16H20N6S. The SMILES string of the molecule is Cc1cn2c(-c3cncc(N[C@@H]4CC[C@H](C)NC4)n3)cnc2s1. The van der Waals surface area contributed by atoms with Gasteiger partial charge in [-0.2, -0.15) is 0 Å². The maximum absolute atomic E-state index is 4.73. The highest BCUT2D eigenvalue weighted by Crippen LogP contribution is 2.24. The minimum atomic E-state index is 0.407. The maximum atomic E-state index is 4.73. The van der Waals surface area contributed by atoms with Crippen molar-refractivity contribution >= 4 is 22.1 Å². The quantitative estimate of drug-likeness (QED) is 0.774. The number of rotatable bonds is 3. The molecule has 2 N–H and O–H groups in total. The van der Waals surface area contributed by atoms with Crippen LogP contribution in [0, 0.1) is 6.92 Å². The lowest BCUT2D eigenvalue weighted by Gasteiger charge is -2.28. The number of nitrogens with zero attached hydrogens (tertiary/aromatic N) is 4. The van der Waals surface area contributed by atoms with E-state index in [1.54, 1.807) is 23.7 Å². The third kappa shape index (κ3) is 2.94. The van der Waals surface area contributed by atoms with Crippen LogP contribution >= 0.6 is 11.3 Å². The predicted octanol–water partition coefficient (Wildman–Crippen LogP) is 2.71. The van der Waals surface area contributed by atoms with Gasteiger partial charge in [-0.05, 0) is 26.7 Å². The molecule has 3 aromatic heterocycles. The van der Waals surface area contributed by atoms with Crippen LogP contribution in [0.15, 0.2) is 24.8 Å². The Kier molecular flexibility index (Phi) is 3.74. The van der Waals surface area contributed by atoms with Gasteiger partial charge in [0.1, 0.15) is 11.5 Å². The Morgan fingerprint density at radius 2 is 2.22 bits per heavy atom. The zero-order chi connectivity index (χ0) is 15.8. The van der Waals surface area contributed by atoms with E-state index in [4.69, 9.17) is 4.98 Å². The lowest BCUT2D eigenvalue weighted by atomic mass is 10.0. The predicted molar refractivity (Wildman–Crippen MR) is 92.9 cm³/mol. The standard InChI is InChI=1S/C16H20N6S/c1-10-3-4-12(5-18-10)20-15-8-17-6-13(21-15)14-7-19-16-22(14)9-11(2)23-16/h6-10,12,18H,3-5H2,1-2H3,(H,20,21)/t10-,12+/m0/s1. The van der Waals surface area contributed by atoms with E-state index in [0.29, 0.717) is 12.1 Å².